The summed E-state index contributed by atoms with van der Waals surface area (Å²) in [6, 6.07) is 4.03. The predicted molar refractivity (Wildman–Crippen MR) is 80.5 cm³/mol. The number of aryl methyl sites for hydroxylation is 2. The topological polar surface area (TPSA) is 52.4 Å². The molecule has 1 aromatic heterocycles. The number of ether oxygens (including phenoxy) is 2. The monoisotopic (exact) mass is 290 g/mol. The fourth-order valence-corrected chi connectivity index (χ4v) is 2.28. The van der Waals surface area contributed by atoms with Gasteiger partial charge in [-0.3, -0.25) is 9.58 Å². The van der Waals surface area contributed by atoms with Gasteiger partial charge in [0.05, 0.1) is 19.9 Å². The molecule has 114 valence electrons. The van der Waals surface area contributed by atoms with Gasteiger partial charge in [-0.15, -0.1) is 5.10 Å². The number of aromatic nitrogens is 3. The van der Waals surface area contributed by atoms with Gasteiger partial charge in [0.2, 0.25) is 0 Å². The first-order valence-corrected chi connectivity index (χ1v) is 6.78. The number of rotatable bonds is 6. The van der Waals surface area contributed by atoms with Gasteiger partial charge < -0.3 is 9.47 Å². The van der Waals surface area contributed by atoms with Crippen LogP contribution in [0.1, 0.15) is 16.8 Å². The molecule has 6 nitrogen and oxygen atoms in total. The van der Waals surface area contributed by atoms with Gasteiger partial charge in [-0.1, -0.05) is 5.21 Å². The molecule has 0 radical (unpaired) electrons. The Labute approximate surface area is 125 Å². The van der Waals surface area contributed by atoms with Crippen LogP contribution < -0.4 is 9.47 Å². The molecular formula is C15H22N4O2. The van der Waals surface area contributed by atoms with Crippen molar-refractivity contribution < 1.29 is 9.47 Å². The molecule has 0 saturated carbocycles. The maximum absolute atomic E-state index is 5.37. The highest BCUT2D eigenvalue weighted by Crippen LogP contribution is 2.30. The van der Waals surface area contributed by atoms with Crippen molar-refractivity contribution in [3.63, 3.8) is 0 Å². The molecule has 0 saturated heterocycles. The maximum Gasteiger partial charge on any atom is 0.161 e. The molecule has 0 N–H and O–H groups in total. The van der Waals surface area contributed by atoms with E-state index < -0.39 is 0 Å². The van der Waals surface area contributed by atoms with Crippen molar-refractivity contribution >= 4 is 0 Å². The molecule has 21 heavy (non-hydrogen) atoms. The minimum absolute atomic E-state index is 0.752. The first-order chi connectivity index (χ1) is 10.0. The molecule has 1 aromatic carbocycles. The lowest BCUT2D eigenvalue weighted by atomic mass is 10.1. The fraction of sp³-hybridized carbons (Fsp3) is 0.467. The van der Waals surface area contributed by atoms with Crippen molar-refractivity contribution in [1.29, 1.82) is 0 Å². The summed E-state index contributed by atoms with van der Waals surface area (Å²) in [5, 5.41) is 8.06. The first kappa shape index (κ1) is 15.3. The summed E-state index contributed by atoms with van der Waals surface area (Å²) in [5.41, 5.74) is 3.34. The summed E-state index contributed by atoms with van der Waals surface area (Å²) in [5.74, 6) is 1.52. The Morgan fingerprint density at radius 2 is 1.81 bits per heavy atom. The second kappa shape index (κ2) is 6.58. The van der Waals surface area contributed by atoms with Crippen LogP contribution in [0.2, 0.25) is 0 Å². The van der Waals surface area contributed by atoms with Crippen molar-refractivity contribution in [2.75, 3.05) is 21.3 Å². The average molecular weight is 290 g/mol. The quantitative estimate of drug-likeness (QED) is 0.811. The third-order valence-electron chi connectivity index (χ3n) is 3.36. The molecule has 0 unspecified atom stereocenters. The molecular weight excluding hydrogens is 268 g/mol. The lowest BCUT2D eigenvalue weighted by Gasteiger charge is -2.18. The van der Waals surface area contributed by atoms with Gasteiger partial charge in [0.15, 0.2) is 11.5 Å². The molecule has 0 spiro atoms. The second-order valence-electron chi connectivity index (χ2n) is 5.19. The number of hydrogen-bond donors (Lipinski definition) is 0. The van der Waals surface area contributed by atoms with E-state index in [0.717, 1.165) is 30.3 Å². The van der Waals surface area contributed by atoms with Gasteiger partial charge >= 0.3 is 0 Å². The third kappa shape index (κ3) is 3.72. The molecule has 0 aliphatic rings. The zero-order valence-electron chi connectivity index (χ0n) is 13.3. The maximum atomic E-state index is 5.37. The van der Waals surface area contributed by atoms with Gasteiger partial charge in [-0.2, -0.15) is 0 Å². The van der Waals surface area contributed by atoms with Crippen molar-refractivity contribution in [3.8, 4) is 11.5 Å². The normalized spacial score (nSPS) is 11.0. The second-order valence-corrected chi connectivity index (χ2v) is 5.19. The number of hydrogen-bond acceptors (Lipinski definition) is 5. The molecule has 0 aliphatic heterocycles. The Kier molecular flexibility index (Phi) is 4.80. The summed E-state index contributed by atoms with van der Waals surface area (Å²) in [4.78, 5) is 2.19. The summed E-state index contributed by atoms with van der Waals surface area (Å²) >= 11 is 0. The number of nitrogens with zero attached hydrogens (tertiary/aromatic N) is 4. The minimum atomic E-state index is 0.752. The average Bonchev–Trinajstić information content (AvgIpc) is 2.85. The highest BCUT2D eigenvalue weighted by Gasteiger charge is 2.11. The zero-order valence-corrected chi connectivity index (χ0v) is 13.3. The molecule has 2 aromatic rings. The summed E-state index contributed by atoms with van der Waals surface area (Å²) < 4.78 is 12.4. The lowest BCUT2D eigenvalue weighted by molar-refractivity contribution is 0.312. The molecule has 1 heterocycles. The third-order valence-corrected chi connectivity index (χ3v) is 3.36. The van der Waals surface area contributed by atoms with Crippen molar-refractivity contribution in [2.45, 2.75) is 20.0 Å². The van der Waals surface area contributed by atoms with Crippen LogP contribution in [0.5, 0.6) is 11.5 Å². The lowest BCUT2D eigenvalue weighted by Crippen LogP contribution is -2.18. The van der Waals surface area contributed by atoms with Gasteiger partial charge in [0, 0.05) is 26.3 Å². The highest BCUT2D eigenvalue weighted by atomic mass is 16.5. The smallest absolute Gasteiger partial charge is 0.161 e. The van der Waals surface area contributed by atoms with Crippen LogP contribution in [0.25, 0.3) is 0 Å². The van der Waals surface area contributed by atoms with Gasteiger partial charge in [-0.05, 0) is 37.2 Å². The van der Waals surface area contributed by atoms with E-state index in [2.05, 4.69) is 29.2 Å². The summed E-state index contributed by atoms with van der Waals surface area (Å²) in [7, 11) is 7.23. The van der Waals surface area contributed by atoms with Crippen molar-refractivity contribution in [1.82, 2.24) is 19.9 Å². The van der Waals surface area contributed by atoms with Crippen LogP contribution in [0.4, 0.5) is 0 Å². The number of benzene rings is 1. The van der Waals surface area contributed by atoms with Crippen LogP contribution in [0.15, 0.2) is 18.3 Å². The zero-order chi connectivity index (χ0) is 15.4. The molecule has 0 bridgehead atoms. The summed E-state index contributed by atoms with van der Waals surface area (Å²) in [6.07, 6.45) is 1.93. The fourth-order valence-electron chi connectivity index (χ4n) is 2.28. The van der Waals surface area contributed by atoms with E-state index in [4.69, 9.17) is 9.47 Å². The van der Waals surface area contributed by atoms with E-state index >= 15 is 0 Å². The Morgan fingerprint density at radius 3 is 2.38 bits per heavy atom. The van der Waals surface area contributed by atoms with Gasteiger partial charge in [0.1, 0.15) is 0 Å². The molecule has 0 fully saturated rings. The molecule has 0 atom stereocenters. The van der Waals surface area contributed by atoms with Crippen LogP contribution >= 0.6 is 0 Å². The SMILES string of the molecule is COc1cc(C)c(CN(C)Cc2cn(C)nn2)cc1OC. The first-order valence-electron chi connectivity index (χ1n) is 6.78. The van der Waals surface area contributed by atoms with Crippen LogP contribution in [0.3, 0.4) is 0 Å². The van der Waals surface area contributed by atoms with E-state index in [1.165, 1.54) is 11.1 Å². The van der Waals surface area contributed by atoms with Gasteiger partial charge in [0.25, 0.3) is 0 Å². The Bertz CT molecular complexity index is 610. The Balaban J connectivity index is 2.11. The molecule has 2 rings (SSSR count). The van der Waals surface area contributed by atoms with E-state index in [1.807, 2.05) is 25.4 Å². The van der Waals surface area contributed by atoms with E-state index in [9.17, 15) is 0 Å². The van der Waals surface area contributed by atoms with E-state index in [1.54, 1.807) is 18.9 Å². The van der Waals surface area contributed by atoms with Crippen molar-refractivity contribution in [2.24, 2.45) is 7.05 Å². The van der Waals surface area contributed by atoms with Crippen molar-refractivity contribution in [3.05, 3.63) is 35.2 Å². The molecule has 0 amide bonds. The minimum Gasteiger partial charge on any atom is -0.493 e. The van der Waals surface area contributed by atoms with Crippen LogP contribution in [-0.2, 0) is 20.1 Å². The Morgan fingerprint density at radius 1 is 1.14 bits per heavy atom. The summed E-state index contributed by atoms with van der Waals surface area (Å²) in [6.45, 7) is 3.64. The van der Waals surface area contributed by atoms with E-state index in [0.29, 0.717) is 0 Å². The van der Waals surface area contributed by atoms with E-state index in [-0.39, 0.29) is 0 Å². The predicted octanol–water partition coefficient (Wildman–Crippen LogP) is 1.77. The largest absolute Gasteiger partial charge is 0.493 e. The molecule has 6 heteroatoms. The standard InChI is InChI=1S/C15H22N4O2/c1-11-6-14(20-4)15(21-5)7-12(11)8-18(2)9-13-10-19(3)17-16-13/h6-7,10H,8-9H2,1-5H3. The Hall–Kier alpha value is -2.08. The highest BCUT2D eigenvalue weighted by molar-refractivity contribution is 5.47. The molecule has 0 aliphatic carbocycles. The van der Waals surface area contributed by atoms with Crippen LogP contribution in [0, 0.1) is 6.92 Å². The van der Waals surface area contributed by atoms with Gasteiger partial charge in [-0.25, -0.2) is 0 Å². The van der Waals surface area contributed by atoms with Crippen LogP contribution in [-0.4, -0.2) is 41.2 Å². The number of methoxy groups -OCH3 is 2.